The number of ketones is 1. The summed E-state index contributed by atoms with van der Waals surface area (Å²) in [5.74, 6) is -2.17. The van der Waals surface area contributed by atoms with Crippen LogP contribution in [-0.4, -0.2) is 46.2 Å². The Labute approximate surface area is 169 Å². The number of aryl methyl sites for hydroxylation is 1. The molecule has 1 saturated heterocycles. The number of aromatic nitrogens is 1. The van der Waals surface area contributed by atoms with E-state index in [1.807, 2.05) is 30.6 Å². The van der Waals surface area contributed by atoms with Gasteiger partial charge in [0.1, 0.15) is 6.54 Å². The molecule has 0 aromatic carbocycles. The van der Waals surface area contributed by atoms with Crippen molar-refractivity contribution in [1.29, 1.82) is 0 Å². The number of allylic oxidation sites excluding steroid dienone is 3. The van der Waals surface area contributed by atoms with Gasteiger partial charge in [-0.15, -0.1) is 6.58 Å². The van der Waals surface area contributed by atoms with Crippen LogP contribution in [0.2, 0.25) is 0 Å². The zero-order valence-electron chi connectivity index (χ0n) is 16.6. The van der Waals surface area contributed by atoms with Gasteiger partial charge in [-0.1, -0.05) is 18.2 Å². The Morgan fingerprint density at radius 1 is 1.17 bits per heavy atom. The summed E-state index contributed by atoms with van der Waals surface area (Å²) in [5.41, 5.74) is 2.19. The topological polar surface area (TPSA) is 85.7 Å². The molecule has 2 bridgehead atoms. The number of carbonyl (C=O) groups is 4. The molecule has 1 aromatic heterocycles. The van der Waals surface area contributed by atoms with Crippen molar-refractivity contribution in [3.63, 3.8) is 0 Å². The number of fused-ring (bicyclic) bond motifs is 5. The number of hydrogen-bond donors (Lipinski definition) is 0. The molecule has 1 aliphatic heterocycles. The molecule has 0 radical (unpaired) electrons. The molecule has 1 saturated carbocycles. The quantitative estimate of drug-likeness (QED) is 0.304. The van der Waals surface area contributed by atoms with Gasteiger partial charge in [-0.05, 0) is 38.2 Å². The minimum Gasteiger partial charge on any atom is -0.456 e. The summed E-state index contributed by atoms with van der Waals surface area (Å²) >= 11 is 0. The van der Waals surface area contributed by atoms with Crippen molar-refractivity contribution in [3.05, 3.63) is 47.8 Å². The number of esters is 1. The van der Waals surface area contributed by atoms with Crippen molar-refractivity contribution in [2.24, 2.45) is 23.7 Å². The first kappa shape index (κ1) is 19.4. The van der Waals surface area contributed by atoms with Gasteiger partial charge in [0.2, 0.25) is 17.6 Å². The lowest BCUT2D eigenvalue weighted by molar-refractivity contribution is -0.152. The molecule has 2 fully saturated rings. The molecule has 4 unspecified atom stereocenters. The Morgan fingerprint density at radius 3 is 2.38 bits per heavy atom. The number of nitrogens with zero attached hydrogens (tertiary/aromatic N) is 2. The summed E-state index contributed by atoms with van der Waals surface area (Å²) in [6.07, 6.45) is 6.58. The monoisotopic (exact) mass is 396 g/mol. The number of likely N-dealkylation sites (tertiary alicyclic amines) is 1. The van der Waals surface area contributed by atoms with Crippen LogP contribution >= 0.6 is 0 Å². The normalized spacial score (nSPS) is 26.9. The van der Waals surface area contributed by atoms with Crippen LogP contribution < -0.4 is 0 Å². The predicted molar refractivity (Wildman–Crippen MR) is 104 cm³/mol. The van der Waals surface area contributed by atoms with Crippen molar-refractivity contribution in [1.82, 2.24) is 9.47 Å². The van der Waals surface area contributed by atoms with Gasteiger partial charge >= 0.3 is 5.97 Å². The molecule has 29 heavy (non-hydrogen) atoms. The third-order valence-electron chi connectivity index (χ3n) is 6.40. The average Bonchev–Trinajstić information content (AvgIpc) is 3.43. The minimum atomic E-state index is -0.750. The molecule has 2 aliphatic carbocycles. The van der Waals surface area contributed by atoms with E-state index < -0.39 is 19.1 Å². The summed E-state index contributed by atoms with van der Waals surface area (Å²) in [5, 5.41) is 0. The Morgan fingerprint density at radius 2 is 1.79 bits per heavy atom. The molecular weight excluding hydrogens is 372 g/mol. The van der Waals surface area contributed by atoms with Crippen LogP contribution in [0.3, 0.4) is 0 Å². The van der Waals surface area contributed by atoms with Gasteiger partial charge in [0.15, 0.2) is 6.61 Å². The first-order valence-corrected chi connectivity index (χ1v) is 9.83. The third kappa shape index (κ3) is 3.05. The molecule has 2 amide bonds. The highest BCUT2D eigenvalue weighted by molar-refractivity contribution is 6.08. The number of rotatable bonds is 7. The molecule has 0 N–H and O–H groups in total. The summed E-state index contributed by atoms with van der Waals surface area (Å²) in [7, 11) is 0. The van der Waals surface area contributed by atoms with Crippen molar-refractivity contribution in [3.8, 4) is 0 Å². The fraction of sp³-hybridized carbons (Fsp3) is 0.455. The molecule has 152 valence electrons. The molecule has 0 spiro atoms. The number of carbonyl (C=O) groups excluding carboxylic acids is 4. The van der Waals surface area contributed by atoms with Gasteiger partial charge in [0, 0.05) is 23.5 Å². The van der Waals surface area contributed by atoms with Crippen LogP contribution in [-0.2, 0) is 25.7 Å². The summed E-state index contributed by atoms with van der Waals surface area (Å²) < 4.78 is 7.04. The third-order valence-corrected chi connectivity index (χ3v) is 6.40. The molecule has 2 heterocycles. The van der Waals surface area contributed by atoms with E-state index in [9.17, 15) is 19.2 Å². The van der Waals surface area contributed by atoms with Crippen LogP contribution in [0.15, 0.2) is 30.9 Å². The summed E-state index contributed by atoms with van der Waals surface area (Å²) in [4.78, 5) is 50.9. The Balaban J connectivity index is 1.36. The predicted octanol–water partition coefficient (Wildman–Crippen LogP) is 1.82. The van der Waals surface area contributed by atoms with Crippen LogP contribution in [0.5, 0.6) is 0 Å². The number of amides is 2. The highest BCUT2D eigenvalue weighted by Gasteiger charge is 2.59. The van der Waals surface area contributed by atoms with Gasteiger partial charge in [-0.3, -0.25) is 24.1 Å². The van der Waals surface area contributed by atoms with Crippen LogP contribution in [0, 0.1) is 37.5 Å². The maximum Gasteiger partial charge on any atom is 0.326 e. The van der Waals surface area contributed by atoms with Crippen LogP contribution in [0.25, 0.3) is 0 Å². The van der Waals surface area contributed by atoms with Crippen molar-refractivity contribution in [2.45, 2.75) is 26.8 Å². The van der Waals surface area contributed by atoms with E-state index in [-0.39, 0.29) is 41.3 Å². The lowest BCUT2D eigenvalue weighted by atomic mass is 9.85. The van der Waals surface area contributed by atoms with Crippen LogP contribution in [0.1, 0.15) is 28.2 Å². The van der Waals surface area contributed by atoms with Gasteiger partial charge in [0.05, 0.1) is 11.8 Å². The SMILES string of the molecule is C=CCn1c(C)cc(C(=O)COC(=O)CN2C(=O)C3C4C=CC(C4)C3C2=O)c1C. The fourth-order valence-electron chi connectivity index (χ4n) is 5.01. The lowest BCUT2D eigenvalue weighted by Gasteiger charge is -2.16. The van der Waals surface area contributed by atoms with E-state index in [4.69, 9.17) is 4.74 Å². The molecule has 4 rings (SSSR count). The zero-order chi connectivity index (χ0) is 20.9. The highest BCUT2D eigenvalue weighted by Crippen LogP contribution is 2.52. The van der Waals surface area contributed by atoms with E-state index in [2.05, 4.69) is 6.58 Å². The molecule has 3 aliphatic rings. The van der Waals surface area contributed by atoms with Crippen LogP contribution in [0.4, 0.5) is 0 Å². The number of hydrogen-bond acceptors (Lipinski definition) is 5. The Hall–Kier alpha value is -2.96. The van der Waals surface area contributed by atoms with Crippen molar-refractivity contribution < 1.29 is 23.9 Å². The first-order valence-electron chi connectivity index (χ1n) is 9.83. The summed E-state index contributed by atoms with van der Waals surface area (Å²) in [6, 6.07) is 1.76. The van der Waals surface area contributed by atoms with Gasteiger partial charge < -0.3 is 9.30 Å². The second-order valence-corrected chi connectivity index (χ2v) is 8.03. The minimum absolute atomic E-state index is 0.0925. The first-order chi connectivity index (χ1) is 13.8. The zero-order valence-corrected chi connectivity index (χ0v) is 16.6. The summed E-state index contributed by atoms with van der Waals surface area (Å²) in [6.45, 7) is 7.15. The van der Waals surface area contributed by atoms with E-state index in [0.29, 0.717) is 12.1 Å². The van der Waals surface area contributed by atoms with E-state index >= 15 is 0 Å². The van der Waals surface area contributed by atoms with Crippen molar-refractivity contribution in [2.75, 3.05) is 13.2 Å². The van der Waals surface area contributed by atoms with E-state index in [1.165, 1.54) is 0 Å². The van der Waals surface area contributed by atoms with Gasteiger partial charge in [-0.25, -0.2) is 0 Å². The van der Waals surface area contributed by atoms with Gasteiger partial charge in [-0.2, -0.15) is 0 Å². The smallest absolute Gasteiger partial charge is 0.326 e. The second-order valence-electron chi connectivity index (χ2n) is 8.03. The maximum absolute atomic E-state index is 12.6. The lowest BCUT2D eigenvalue weighted by Crippen LogP contribution is -2.38. The Kier molecular flexibility index (Phi) is 4.76. The van der Waals surface area contributed by atoms with Gasteiger partial charge in [0.25, 0.3) is 0 Å². The largest absolute Gasteiger partial charge is 0.456 e. The molecule has 4 atom stereocenters. The molecule has 7 nitrogen and oxygen atoms in total. The number of imide groups is 1. The highest BCUT2D eigenvalue weighted by atomic mass is 16.5. The fourth-order valence-corrected chi connectivity index (χ4v) is 5.01. The molecule has 7 heteroatoms. The van der Waals surface area contributed by atoms with Crippen molar-refractivity contribution >= 4 is 23.6 Å². The van der Waals surface area contributed by atoms with E-state index in [0.717, 1.165) is 22.7 Å². The van der Waals surface area contributed by atoms with E-state index in [1.54, 1.807) is 12.1 Å². The molecular formula is C22H24N2O5. The average molecular weight is 396 g/mol. The Bertz CT molecular complexity index is 927. The second kappa shape index (κ2) is 7.13. The standard InChI is InChI=1S/C22H24N2O5/c1-4-7-23-12(2)8-16(13(23)3)17(25)11-29-18(26)10-24-21(27)19-14-5-6-15(9-14)20(19)22(24)28/h4-6,8,14-15,19-20H,1,7,9-11H2,2-3H3. The number of Topliss-reactive ketones (excluding diaryl/α,β-unsaturated/α-hetero) is 1. The number of ether oxygens (including phenoxy) is 1. The molecule has 1 aromatic rings. The maximum atomic E-state index is 12.6.